The van der Waals surface area contributed by atoms with Crippen molar-refractivity contribution in [2.45, 2.75) is 58.4 Å². The first-order chi connectivity index (χ1) is 16.2. The van der Waals surface area contributed by atoms with E-state index in [1.54, 1.807) is 0 Å². The summed E-state index contributed by atoms with van der Waals surface area (Å²) < 4.78 is 32.5. The maximum Gasteiger partial charge on any atom is 0.303 e. The summed E-state index contributed by atoms with van der Waals surface area (Å²) in [4.78, 5) is 47.0. The molecule has 10 nitrogen and oxygen atoms in total. The fraction of sp³-hybridized carbons (Fsp3) is 0.500. The summed E-state index contributed by atoms with van der Waals surface area (Å²) in [7, 11) is 0. The standard InChI is InChI=1S/C20H19Cl5O10/c1-6(26)30-5-10-16(31-7(2)27)18(32-8(3)28)19(33-9(4)29)20(34-10)35-17-14(24)12(22)11(21)13(23)15(17)25/h10,16,18-20H,5H2,1-4H3/t10-,16-,18+,19-,20+/m1/s1. The van der Waals surface area contributed by atoms with E-state index in [1.807, 2.05) is 0 Å². The summed E-state index contributed by atoms with van der Waals surface area (Å²) in [5.74, 6) is -3.40. The van der Waals surface area contributed by atoms with Gasteiger partial charge in [0.15, 0.2) is 18.0 Å². The third kappa shape index (κ3) is 7.41. The summed E-state index contributed by atoms with van der Waals surface area (Å²) in [5, 5.41) is -1.03. The molecule has 0 unspecified atom stereocenters. The molecule has 15 heteroatoms. The SMILES string of the molecule is CC(=O)OC[C@H]1O[C@@H](Oc2c(Cl)c(Cl)c(Cl)c(Cl)c2Cl)[C@H](OC(C)=O)[C@@H](OC(C)=O)[C@@H]1OC(C)=O. The Morgan fingerprint density at radius 3 is 1.54 bits per heavy atom. The molecule has 0 amide bonds. The smallest absolute Gasteiger partial charge is 0.303 e. The lowest BCUT2D eigenvalue weighted by molar-refractivity contribution is -0.288. The summed E-state index contributed by atoms with van der Waals surface area (Å²) in [6, 6.07) is 0. The van der Waals surface area contributed by atoms with Crippen molar-refractivity contribution in [3.8, 4) is 5.75 Å². The zero-order valence-corrected chi connectivity index (χ0v) is 22.3. The normalized spacial score (nSPS) is 23.7. The molecule has 0 bridgehead atoms. The van der Waals surface area contributed by atoms with Gasteiger partial charge in [-0.25, -0.2) is 0 Å². The van der Waals surface area contributed by atoms with Gasteiger partial charge in [-0.15, -0.1) is 0 Å². The van der Waals surface area contributed by atoms with Crippen LogP contribution in [-0.2, 0) is 42.9 Å². The minimum Gasteiger partial charge on any atom is -0.463 e. The predicted octanol–water partition coefficient (Wildman–Crippen LogP) is 4.42. The van der Waals surface area contributed by atoms with E-state index in [0.29, 0.717) is 0 Å². The Labute approximate surface area is 224 Å². The van der Waals surface area contributed by atoms with Crippen molar-refractivity contribution in [1.29, 1.82) is 0 Å². The molecule has 1 aliphatic rings. The number of carbonyl (C=O) groups excluding carboxylic acids is 4. The Bertz CT molecular complexity index is 987. The molecule has 0 spiro atoms. The van der Waals surface area contributed by atoms with Crippen LogP contribution in [0.25, 0.3) is 0 Å². The van der Waals surface area contributed by atoms with Gasteiger partial charge in [0.25, 0.3) is 0 Å². The van der Waals surface area contributed by atoms with Crippen molar-refractivity contribution in [3.63, 3.8) is 0 Å². The van der Waals surface area contributed by atoms with E-state index in [0.717, 1.165) is 27.7 Å². The summed E-state index contributed by atoms with van der Waals surface area (Å²) in [6.45, 7) is 3.92. The summed E-state index contributed by atoms with van der Waals surface area (Å²) in [5.41, 5.74) is 0. The third-order valence-corrected chi connectivity index (χ3v) is 6.59. The van der Waals surface area contributed by atoms with Crippen molar-refractivity contribution >= 4 is 81.9 Å². The highest BCUT2D eigenvalue weighted by Crippen LogP contribution is 2.49. The molecule has 0 aromatic heterocycles. The lowest BCUT2D eigenvalue weighted by Crippen LogP contribution is -2.63. The third-order valence-electron chi connectivity index (χ3n) is 4.35. The molecule has 1 saturated heterocycles. The Morgan fingerprint density at radius 2 is 1.09 bits per heavy atom. The lowest BCUT2D eigenvalue weighted by atomic mass is 9.98. The number of esters is 4. The van der Waals surface area contributed by atoms with Gasteiger partial charge in [0.1, 0.15) is 22.8 Å². The van der Waals surface area contributed by atoms with E-state index in [1.165, 1.54) is 0 Å². The van der Waals surface area contributed by atoms with Gasteiger partial charge in [0, 0.05) is 27.7 Å². The fourth-order valence-electron chi connectivity index (χ4n) is 3.09. The van der Waals surface area contributed by atoms with Crippen LogP contribution >= 0.6 is 58.0 Å². The molecule has 0 N–H and O–H groups in total. The van der Waals surface area contributed by atoms with E-state index in [4.69, 9.17) is 86.4 Å². The molecule has 194 valence electrons. The Hall–Kier alpha value is -1.69. The minimum atomic E-state index is -1.60. The molecule has 2 rings (SSSR count). The van der Waals surface area contributed by atoms with Crippen LogP contribution in [0.1, 0.15) is 27.7 Å². The number of ether oxygens (including phenoxy) is 6. The highest BCUT2D eigenvalue weighted by atomic mass is 35.5. The molecule has 5 atom stereocenters. The molecule has 1 aromatic carbocycles. The van der Waals surface area contributed by atoms with E-state index < -0.39 is 61.2 Å². The van der Waals surface area contributed by atoms with Crippen molar-refractivity contribution in [3.05, 3.63) is 25.1 Å². The summed E-state index contributed by atoms with van der Waals surface area (Å²) >= 11 is 30.7. The van der Waals surface area contributed by atoms with Gasteiger partial charge in [0.2, 0.25) is 12.4 Å². The second kappa shape index (κ2) is 12.5. The van der Waals surface area contributed by atoms with Gasteiger partial charge in [0.05, 0.1) is 15.1 Å². The number of rotatable bonds is 7. The number of hydrogen-bond acceptors (Lipinski definition) is 10. The Balaban J connectivity index is 2.60. The van der Waals surface area contributed by atoms with Crippen LogP contribution in [0, 0.1) is 0 Å². The van der Waals surface area contributed by atoms with Crippen LogP contribution < -0.4 is 4.74 Å². The first-order valence-electron chi connectivity index (χ1n) is 9.73. The number of hydrogen-bond donors (Lipinski definition) is 0. The number of carbonyl (C=O) groups is 4. The van der Waals surface area contributed by atoms with Crippen LogP contribution in [0.3, 0.4) is 0 Å². The highest BCUT2D eigenvalue weighted by Gasteiger charge is 2.53. The summed E-state index contributed by atoms with van der Waals surface area (Å²) in [6.07, 6.45) is -7.20. The van der Waals surface area contributed by atoms with Crippen molar-refractivity contribution in [2.75, 3.05) is 6.61 Å². The lowest BCUT2D eigenvalue weighted by Gasteiger charge is -2.44. The van der Waals surface area contributed by atoms with Crippen LogP contribution in [0.4, 0.5) is 0 Å². The quantitative estimate of drug-likeness (QED) is 0.193. The van der Waals surface area contributed by atoms with Gasteiger partial charge in [-0.2, -0.15) is 0 Å². The second-order valence-corrected chi connectivity index (χ2v) is 8.97. The van der Waals surface area contributed by atoms with Gasteiger partial charge >= 0.3 is 23.9 Å². The number of benzene rings is 1. The first-order valence-corrected chi connectivity index (χ1v) is 11.6. The average Bonchev–Trinajstić information content (AvgIpc) is 2.75. The second-order valence-electron chi connectivity index (χ2n) is 7.08. The molecule has 0 aliphatic carbocycles. The zero-order chi connectivity index (χ0) is 26.6. The monoisotopic (exact) mass is 594 g/mol. The number of halogens is 5. The van der Waals surface area contributed by atoms with E-state index in [2.05, 4.69) is 0 Å². The van der Waals surface area contributed by atoms with Gasteiger partial charge in [-0.05, 0) is 0 Å². The van der Waals surface area contributed by atoms with Crippen LogP contribution in [-0.4, -0.2) is 61.2 Å². The zero-order valence-electron chi connectivity index (χ0n) is 18.6. The minimum absolute atomic E-state index is 0.141. The molecular formula is C20H19Cl5O10. The molecular weight excluding hydrogens is 577 g/mol. The van der Waals surface area contributed by atoms with Crippen LogP contribution in [0.15, 0.2) is 0 Å². The molecule has 0 radical (unpaired) electrons. The Kier molecular flexibility index (Phi) is 10.6. The highest BCUT2D eigenvalue weighted by molar-refractivity contribution is 6.55. The predicted molar refractivity (Wildman–Crippen MR) is 124 cm³/mol. The molecule has 1 aliphatic heterocycles. The van der Waals surface area contributed by atoms with Crippen molar-refractivity contribution in [1.82, 2.24) is 0 Å². The molecule has 35 heavy (non-hydrogen) atoms. The van der Waals surface area contributed by atoms with Gasteiger partial charge in [-0.3, -0.25) is 19.2 Å². The molecule has 1 heterocycles. The van der Waals surface area contributed by atoms with Gasteiger partial charge in [-0.1, -0.05) is 58.0 Å². The molecule has 1 fully saturated rings. The van der Waals surface area contributed by atoms with E-state index in [-0.39, 0.29) is 30.9 Å². The maximum absolute atomic E-state index is 11.9. The largest absolute Gasteiger partial charge is 0.463 e. The van der Waals surface area contributed by atoms with Crippen LogP contribution in [0.2, 0.25) is 25.1 Å². The van der Waals surface area contributed by atoms with Crippen molar-refractivity contribution < 1.29 is 47.6 Å². The first kappa shape index (κ1) is 29.5. The molecule has 0 saturated carbocycles. The van der Waals surface area contributed by atoms with Crippen molar-refractivity contribution in [2.24, 2.45) is 0 Å². The van der Waals surface area contributed by atoms with E-state index in [9.17, 15) is 19.2 Å². The Morgan fingerprint density at radius 1 is 0.657 bits per heavy atom. The van der Waals surface area contributed by atoms with Gasteiger partial charge < -0.3 is 28.4 Å². The maximum atomic E-state index is 11.9. The average molecular weight is 597 g/mol. The topological polar surface area (TPSA) is 124 Å². The van der Waals surface area contributed by atoms with E-state index >= 15 is 0 Å². The van der Waals surface area contributed by atoms with Crippen LogP contribution in [0.5, 0.6) is 5.75 Å². The molecule has 1 aromatic rings. The fourth-order valence-corrected chi connectivity index (χ4v) is 4.30.